The van der Waals surface area contributed by atoms with Gasteiger partial charge < -0.3 is 10.1 Å². The van der Waals surface area contributed by atoms with Crippen molar-refractivity contribution in [3.05, 3.63) is 89.6 Å². The molecule has 0 saturated heterocycles. The van der Waals surface area contributed by atoms with E-state index in [4.69, 9.17) is 4.74 Å². The Bertz CT molecular complexity index is 1870. The van der Waals surface area contributed by atoms with Crippen molar-refractivity contribution in [2.75, 3.05) is 12.0 Å². The van der Waals surface area contributed by atoms with Crippen LogP contribution in [0.2, 0.25) is 0 Å². The van der Waals surface area contributed by atoms with E-state index in [-0.39, 0.29) is 24.2 Å². The number of halogens is 3. The Hall–Kier alpha value is -5.27. The Morgan fingerprint density at radius 1 is 1.05 bits per heavy atom. The molecule has 0 radical (unpaired) electrons. The number of carbonyl (C=O) groups excluding carboxylic acids is 2. The fraction of sp³-hybridized carbons (Fsp3) is 0.241. The number of benzene rings is 2. The van der Waals surface area contributed by atoms with Crippen LogP contribution in [0.25, 0.3) is 16.5 Å². The summed E-state index contributed by atoms with van der Waals surface area (Å²) in [7, 11) is 1.56. The summed E-state index contributed by atoms with van der Waals surface area (Å²) in [5.74, 6) is -0.226. The maximum Gasteiger partial charge on any atom is 0.434 e. The Kier molecular flexibility index (Phi) is 6.14. The highest BCUT2D eigenvalue weighted by Gasteiger charge is 2.43. The maximum absolute atomic E-state index is 14.6. The number of pyridine rings is 1. The number of hydrogen-bond donors (Lipinski definition) is 1. The van der Waals surface area contributed by atoms with Crippen LogP contribution in [0.1, 0.15) is 50.9 Å². The summed E-state index contributed by atoms with van der Waals surface area (Å²) in [4.78, 5) is 34.0. The molecule has 2 aromatic carbocycles. The van der Waals surface area contributed by atoms with Gasteiger partial charge >= 0.3 is 6.18 Å². The Labute approximate surface area is 241 Å². The lowest BCUT2D eigenvalue weighted by molar-refractivity contribution is -0.143. The molecule has 43 heavy (non-hydrogen) atoms. The summed E-state index contributed by atoms with van der Waals surface area (Å²) in [6.45, 7) is 0.203. The number of rotatable bonds is 7. The van der Waals surface area contributed by atoms with Crippen molar-refractivity contribution in [2.24, 2.45) is 0 Å². The molecule has 0 bridgehead atoms. The highest BCUT2D eigenvalue weighted by Crippen LogP contribution is 2.41. The van der Waals surface area contributed by atoms with Crippen molar-refractivity contribution >= 4 is 28.4 Å². The van der Waals surface area contributed by atoms with Gasteiger partial charge in [-0.1, -0.05) is 24.3 Å². The monoisotopic (exact) mass is 588 g/mol. The number of hydrogen-bond acceptors (Lipinski definition) is 7. The van der Waals surface area contributed by atoms with Crippen molar-refractivity contribution in [3.63, 3.8) is 0 Å². The van der Waals surface area contributed by atoms with E-state index < -0.39 is 29.4 Å². The first kappa shape index (κ1) is 26.6. The molecule has 1 aliphatic heterocycles. The number of alkyl halides is 3. The molecule has 11 nitrogen and oxygen atoms in total. The van der Waals surface area contributed by atoms with Crippen LogP contribution in [-0.4, -0.2) is 54.7 Å². The first-order valence-electron chi connectivity index (χ1n) is 13.4. The fourth-order valence-corrected chi connectivity index (χ4v) is 5.66. The fourth-order valence-electron chi connectivity index (χ4n) is 5.66. The molecule has 1 saturated carbocycles. The molecule has 3 aromatic heterocycles. The molecule has 1 N–H and O–H groups in total. The second-order valence-corrected chi connectivity index (χ2v) is 10.3. The van der Waals surface area contributed by atoms with Crippen LogP contribution in [0.15, 0.2) is 67.3 Å². The third kappa shape index (κ3) is 4.37. The lowest BCUT2D eigenvalue weighted by Crippen LogP contribution is -2.48. The molecule has 2 atom stereocenters. The highest BCUT2D eigenvalue weighted by molar-refractivity contribution is 6.25. The zero-order chi connectivity index (χ0) is 29.9. The smallest absolute Gasteiger partial charge is 0.434 e. The van der Waals surface area contributed by atoms with E-state index in [0.717, 1.165) is 11.8 Å². The van der Waals surface area contributed by atoms with Crippen LogP contribution in [0.4, 0.5) is 19.0 Å². The van der Waals surface area contributed by atoms with Crippen LogP contribution in [0.5, 0.6) is 5.75 Å². The van der Waals surface area contributed by atoms with Crippen molar-refractivity contribution < 1.29 is 27.5 Å². The van der Waals surface area contributed by atoms with Crippen LogP contribution in [-0.2, 0) is 12.7 Å². The third-order valence-electron chi connectivity index (χ3n) is 7.90. The number of ether oxygens (including phenoxy) is 1. The largest absolute Gasteiger partial charge is 0.497 e. The molecule has 2 amide bonds. The van der Waals surface area contributed by atoms with E-state index >= 15 is 0 Å². The number of methoxy groups -OCH3 is 1. The standard InChI is InChI=1S/C29H23F3N8O3/c1-43-17-7-5-16(6-8-17)15-38-26-24-18(3-2-4-19(24)28(38)42)23(14-33-26)39-25(29(30,31)32)20(13-36-39)27(41)37-21-9-10-22(21)40-34-11-12-35-40/h2-8,11-14,21-22H,9-10,15H2,1H3,(H,37,41)/t21?,22-/m1/s1. The van der Waals surface area contributed by atoms with Crippen LogP contribution < -0.4 is 15.0 Å². The van der Waals surface area contributed by atoms with Crippen molar-refractivity contribution in [1.82, 2.24) is 35.1 Å². The molecule has 1 fully saturated rings. The SMILES string of the molecule is COc1ccc(CN2C(=O)c3cccc4c(-n5ncc(C(=O)NC6CC[C@H]6n6nccn6)c5C(F)(F)F)cnc2c34)cc1. The van der Waals surface area contributed by atoms with Gasteiger partial charge in [0.1, 0.15) is 11.6 Å². The number of anilines is 1. The van der Waals surface area contributed by atoms with Gasteiger partial charge in [0, 0.05) is 10.8 Å². The zero-order valence-corrected chi connectivity index (χ0v) is 22.6. The molecule has 2 aliphatic rings. The topological polar surface area (TPSA) is 120 Å². The van der Waals surface area contributed by atoms with E-state index in [0.29, 0.717) is 45.4 Å². The average Bonchev–Trinajstić information content (AvgIpc) is 3.73. The van der Waals surface area contributed by atoms with Crippen LogP contribution in [0.3, 0.4) is 0 Å². The van der Waals surface area contributed by atoms with E-state index in [9.17, 15) is 22.8 Å². The van der Waals surface area contributed by atoms with E-state index in [1.54, 1.807) is 37.4 Å². The predicted octanol–water partition coefficient (Wildman–Crippen LogP) is 4.33. The van der Waals surface area contributed by atoms with E-state index in [1.165, 1.54) is 28.3 Å². The molecule has 7 rings (SSSR count). The lowest BCUT2D eigenvalue weighted by atomic mass is 9.86. The first-order valence-corrected chi connectivity index (χ1v) is 13.4. The minimum absolute atomic E-state index is 0.00617. The van der Waals surface area contributed by atoms with Gasteiger partial charge in [0.25, 0.3) is 11.8 Å². The Morgan fingerprint density at radius 3 is 2.49 bits per heavy atom. The summed E-state index contributed by atoms with van der Waals surface area (Å²) >= 11 is 0. The van der Waals surface area contributed by atoms with Gasteiger partial charge in [-0.2, -0.15) is 33.3 Å². The summed E-state index contributed by atoms with van der Waals surface area (Å²) < 4.78 is 49.5. The van der Waals surface area contributed by atoms with Crippen molar-refractivity contribution in [1.29, 1.82) is 0 Å². The third-order valence-corrected chi connectivity index (χ3v) is 7.90. The molecule has 4 heterocycles. The summed E-state index contributed by atoms with van der Waals surface area (Å²) in [6.07, 6.45) is 1.49. The highest BCUT2D eigenvalue weighted by atomic mass is 19.4. The molecular weight excluding hydrogens is 565 g/mol. The average molecular weight is 589 g/mol. The van der Waals surface area contributed by atoms with Gasteiger partial charge in [0.2, 0.25) is 0 Å². The minimum Gasteiger partial charge on any atom is -0.497 e. The second-order valence-electron chi connectivity index (χ2n) is 10.3. The maximum atomic E-state index is 14.6. The molecule has 0 spiro atoms. The molecule has 5 aromatic rings. The zero-order valence-electron chi connectivity index (χ0n) is 22.6. The number of aromatic nitrogens is 6. The first-order chi connectivity index (χ1) is 20.7. The van der Waals surface area contributed by atoms with Gasteiger partial charge in [-0.3, -0.25) is 14.5 Å². The van der Waals surface area contributed by atoms with Gasteiger partial charge in [0.05, 0.1) is 67.3 Å². The summed E-state index contributed by atoms with van der Waals surface area (Å²) in [5.41, 5.74) is -0.724. The van der Waals surface area contributed by atoms with Gasteiger partial charge in [-0.25, -0.2) is 9.67 Å². The van der Waals surface area contributed by atoms with Crippen LogP contribution in [0, 0.1) is 0 Å². The Balaban J connectivity index is 1.25. The summed E-state index contributed by atoms with van der Waals surface area (Å²) in [5, 5.41) is 15.6. The van der Waals surface area contributed by atoms with E-state index in [2.05, 4.69) is 25.6 Å². The Morgan fingerprint density at radius 2 is 1.81 bits per heavy atom. The minimum atomic E-state index is -4.93. The second kappa shape index (κ2) is 9.93. The predicted molar refractivity (Wildman–Crippen MR) is 147 cm³/mol. The van der Waals surface area contributed by atoms with Crippen molar-refractivity contribution in [2.45, 2.75) is 37.6 Å². The molecule has 218 valence electrons. The number of carbonyl (C=O) groups is 2. The molecular formula is C29H23F3N8O3. The lowest BCUT2D eigenvalue weighted by Gasteiger charge is -2.36. The van der Waals surface area contributed by atoms with Gasteiger partial charge in [-0.05, 0) is 36.6 Å². The molecule has 1 unspecified atom stereocenters. The molecule has 1 aliphatic carbocycles. The number of nitrogens with one attached hydrogen (secondary N) is 1. The van der Waals surface area contributed by atoms with Crippen LogP contribution >= 0.6 is 0 Å². The number of amides is 2. The van der Waals surface area contributed by atoms with Gasteiger partial charge in [-0.15, -0.1) is 0 Å². The number of nitrogens with zero attached hydrogens (tertiary/aromatic N) is 7. The normalized spacial score (nSPS) is 17.8. The van der Waals surface area contributed by atoms with Gasteiger partial charge in [0.15, 0.2) is 5.69 Å². The quantitative estimate of drug-likeness (QED) is 0.301. The van der Waals surface area contributed by atoms with Crippen molar-refractivity contribution in [3.8, 4) is 11.4 Å². The summed E-state index contributed by atoms with van der Waals surface area (Å²) in [6, 6.07) is 11.4. The molecule has 14 heteroatoms. The van der Waals surface area contributed by atoms with E-state index in [1.807, 2.05) is 12.1 Å².